The summed E-state index contributed by atoms with van der Waals surface area (Å²) in [7, 11) is 0. The first kappa shape index (κ1) is 23.4. The molecular weight excluding hydrogens is 459 g/mol. The minimum absolute atomic E-state index is 0. The fraction of sp³-hybridized carbons (Fsp3) is 0.348. The van der Waals surface area contributed by atoms with Crippen molar-refractivity contribution in [1.82, 2.24) is 30.1 Å². The van der Waals surface area contributed by atoms with Crippen molar-refractivity contribution in [2.45, 2.75) is 50.6 Å². The number of aromatic nitrogens is 6. The van der Waals surface area contributed by atoms with Crippen molar-refractivity contribution in [3.8, 4) is 11.4 Å². The standard InChI is InChI=1S/C23H25ClN8.ClH/c24-15-4-1-14(2-5-15)3-10-20-26-12-11-19(29-20)21-18-13-27-23(30-22(18)32-31-21)28-17-8-6-16(25)7-9-17;/h1-2,4-5,11-13,16-17H,3,6-10,25H2,(H2,27,28,30,31,32);1H. The van der Waals surface area contributed by atoms with Gasteiger partial charge in [0.15, 0.2) is 5.65 Å². The van der Waals surface area contributed by atoms with Gasteiger partial charge in [0.1, 0.15) is 5.82 Å². The van der Waals surface area contributed by atoms with Gasteiger partial charge in [-0.15, -0.1) is 12.4 Å². The van der Waals surface area contributed by atoms with E-state index in [1.54, 1.807) is 12.4 Å². The van der Waals surface area contributed by atoms with Crippen LogP contribution >= 0.6 is 24.0 Å². The quantitative estimate of drug-likeness (QED) is 0.372. The summed E-state index contributed by atoms with van der Waals surface area (Å²) >= 11 is 5.97. The van der Waals surface area contributed by atoms with E-state index < -0.39 is 0 Å². The second kappa shape index (κ2) is 10.4. The fourth-order valence-electron chi connectivity index (χ4n) is 4.08. The summed E-state index contributed by atoms with van der Waals surface area (Å²) in [6.07, 6.45) is 9.28. The molecule has 3 heterocycles. The first-order valence-corrected chi connectivity index (χ1v) is 11.3. The Morgan fingerprint density at radius 3 is 2.58 bits per heavy atom. The monoisotopic (exact) mass is 484 g/mol. The molecule has 1 saturated carbocycles. The Hall–Kier alpha value is -2.81. The number of fused-ring (bicyclic) bond motifs is 1. The molecule has 172 valence electrons. The predicted molar refractivity (Wildman–Crippen MR) is 133 cm³/mol. The molecule has 4 aromatic rings. The lowest BCUT2D eigenvalue weighted by Crippen LogP contribution is -2.33. The van der Waals surface area contributed by atoms with Crippen LogP contribution < -0.4 is 11.1 Å². The van der Waals surface area contributed by atoms with Crippen molar-refractivity contribution in [2.75, 3.05) is 5.32 Å². The van der Waals surface area contributed by atoms with Gasteiger partial charge in [0.25, 0.3) is 0 Å². The maximum Gasteiger partial charge on any atom is 0.224 e. The number of H-pyrrole nitrogens is 1. The van der Waals surface area contributed by atoms with Crippen molar-refractivity contribution in [3.05, 3.63) is 59.1 Å². The van der Waals surface area contributed by atoms with Crippen LogP contribution in [0, 0.1) is 0 Å². The molecule has 1 aliphatic carbocycles. The summed E-state index contributed by atoms with van der Waals surface area (Å²) < 4.78 is 0. The number of halogens is 2. The number of nitrogens with zero attached hydrogens (tertiary/aromatic N) is 5. The number of hydrogen-bond acceptors (Lipinski definition) is 7. The van der Waals surface area contributed by atoms with Crippen molar-refractivity contribution < 1.29 is 0 Å². The third-order valence-corrected chi connectivity index (χ3v) is 6.18. The van der Waals surface area contributed by atoms with Crippen LogP contribution in [0.4, 0.5) is 5.95 Å². The molecule has 5 rings (SSSR count). The predicted octanol–water partition coefficient (Wildman–Crippen LogP) is 4.35. The molecule has 1 fully saturated rings. The molecule has 0 saturated heterocycles. The Morgan fingerprint density at radius 2 is 1.79 bits per heavy atom. The number of anilines is 1. The topological polar surface area (TPSA) is 118 Å². The van der Waals surface area contributed by atoms with Gasteiger partial charge in [-0.1, -0.05) is 23.7 Å². The second-order valence-corrected chi connectivity index (χ2v) is 8.71. The summed E-state index contributed by atoms with van der Waals surface area (Å²) in [6.45, 7) is 0. The van der Waals surface area contributed by atoms with E-state index in [0.29, 0.717) is 23.7 Å². The van der Waals surface area contributed by atoms with Gasteiger partial charge in [-0.25, -0.2) is 15.0 Å². The molecule has 0 aliphatic heterocycles. The lowest BCUT2D eigenvalue weighted by atomic mass is 9.92. The molecule has 0 spiro atoms. The van der Waals surface area contributed by atoms with Crippen LogP contribution in [-0.4, -0.2) is 42.2 Å². The normalized spacial score (nSPS) is 18.1. The highest BCUT2D eigenvalue weighted by molar-refractivity contribution is 6.30. The first-order valence-electron chi connectivity index (χ1n) is 10.9. The van der Waals surface area contributed by atoms with Gasteiger partial charge in [-0.3, -0.25) is 5.10 Å². The molecule has 0 amide bonds. The number of nitrogens with one attached hydrogen (secondary N) is 2. The molecule has 10 heteroatoms. The highest BCUT2D eigenvalue weighted by atomic mass is 35.5. The van der Waals surface area contributed by atoms with Crippen LogP contribution in [0.1, 0.15) is 37.1 Å². The van der Waals surface area contributed by atoms with E-state index >= 15 is 0 Å². The van der Waals surface area contributed by atoms with Crippen molar-refractivity contribution >= 4 is 41.0 Å². The van der Waals surface area contributed by atoms with Gasteiger partial charge in [0, 0.05) is 35.9 Å². The number of aromatic amines is 1. The highest BCUT2D eigenvalue weighted by Gasteiger charge is 2.20. The van der Waals surface area contributed by atoms with E-state index in [1.807, 2.05) is 30.3 Å². The number of benzene rings is 1. The Labute approximate surface area is 203 Å². The van der Waals surface area contributed by atoms with Crippen molar-refractivity contribution in [3.63, 3.8) is 0 Å². The van der Waals surface area contributed by atoms with Gasteiger partial charge in [0.05, 0.1) is 16.8 Å². The molecule has 8 nitrogen and oxygen atoms in total. The lowest BCUT2D eigenvalue weighted by molar-refractivity contribution is 0.410. The van der Waals surface area contributed by atoms with Crippen molar-refractivity contribution in [1.29, 1.82) is 0 Å². The summed E-state index contributed by atoms with van der Waals surface area (Å²) in [5.41, 5.74) is 9.39. The third kappa shape index (κ3) is 5.58. The smallest absolute Gasteiger partial charge is 0.224 e. The summed E-state index contributed by atoms with van der Waals surface area (Å²) in [5, 5.41) is 12.5. The van der Waals surface area contributed by atoms with E-state index in [0.717, 1.165) is 66.1 Å². The van der Waals surface area contributed by atoms with E-state index in [2.05, 4.69) is 30.5 Å². The molecule has 1 aliphatic rings. The fourth-order valence-corrected chi connectivity index (χ4v) is 4.21. The maximum absolute atomic E-state index is 6.00. The SMILES string of the molecule is Cl.NC1CCC(Nc2ncc3c(-c4ccnc(CCc5ccc(Cl)cc5)n4)[nH]nc3n2)CC1. The first-order chi connectivity index (χ1) is 15.6. The van der Waals surface area contributed by atoms with Gasteiger partial charge < -0.3 is 11.1 Å². The molecule has 0 unspecified atom stereocenters. The molecule has 0 radical (unpaired) electrons. The number of aryl methyl sites for hydroxylation is 2. The van der Waals surface area contributed by atoms with E-state index in [4.69, 9.17) is 22.3 Å². The van der Waals surface area contributed by atoms with Gasteiger partial charge in [0.2, 0.25) is 5.95 Å². The average molecular weight is 485 g/mol. The number of hydrogen-bond donors (Lipinski definition) is 3. The second-order valence-electron chi connectivity index (χ2n) is 8.27. The highest BCUT2D eigenvalue weighted by Crippen LogP contribution is 2.25. The minimum Gasteiger partial charge on any atom is -0.351 e. The Balaban J connectivity index is 0.00000259. The average Bonchev–Trinajstić information content (AvgIpc) is 3.24. The Bertz CT molecular complexity index is 1200. The summed E-state index contributed by atoms with van der Waals surface area (Å²) in [4.78, 5) is 18.3. The lowest BCUT2D eigenvalue weighted by Gasteiger charge is -2.26. The summed E-state index contributed by atoms with van der Waals surface area (Å²) in [5.74, 6) is 1.37. The van der Waals surface area contributed by atoms with Crippen LogP contribution in [-0.2, 0) is 12.8 Å². The molecule has 4 N–H and O–H groups in total. The van der Waals surface area contributed by atoms with E-state index in [9.17, 15) is 0 Å². The summed E-state index contributed by atoms with van der Waals surface area (Å²) in [6, 6.07) is 10.4. The number of rotatable bonds is 6. The minimum atomic E-state index is 0. The van der Waals surface area contributed by atoms with Crippen LogP contribution in [0.25, 0.3) is 22.4 Å². The molecule has 3 aromatic heterocycles. The third-order valence-electron chi connectivity index (χ3n) is 5.93. The Kier molecular flexibility index (Phi) is 7.37. The molecule has 33 heavy (non-hydrogen) atoms. The Morgan fingerprint density at radius 1 is 1.00 bits per heavy atom. The van der Waals surface area contributed by atoms with Crippen LogP contribution in [0.2, 0.25) is 5.02 Å². The van der Waals surface area contributed by atoms with E-state index in [1.165, 1.54) is 5.56 Å². The molecular formula is C23H26Cl2N8. The van der Waals surface area contributed by atoms with Crippen LogP contribution in [0.5, 0.6) is 0 Å². The van der Waals surface area contributed by atoms with Crippen molar-refractivity contribution in [2.24, 2.45) is 5.73 Å². The zero-order valence-electron chi connectivity index (χ0n) is 18.0. The zero-order valence-corrected chi connectivity index (χ0v) is 19.6. The van der Waals surface area contributed by atoms with Gasteiger partial charge >= 0.3 is 0 Å². The van der Waals surface area contributed by atoms with Crippen LogP contribution in [0.15, 0.2) is 42.7 Å². The molecule has 0 bridgehead atoms. The molecule has 1 aromatic carbocycles. The molecule has 0 atom stereocenters. The van der Waals surface area contributed by atoms with Gasteiger partial charge in [-0.05, 0) is 55.9 Å². The maximum atomic E-state index is 6.00. The van der Waals surface area contributed by atoms with E-state index in [-0.39, 0.29) is 12.4 Å². The van der Waals surface area contributed by atoms with Crippen LogP contribution in [0.3, 0.4) is 0 Å². The largest absolute Gasteiger partial charge is 0.351 e. The zero-order chi connectivity index (χ0) is 21.9. The number of nitrogens with two attached hydrogens (primary N) is 1. The van der Waals surface area contributed by atoms with Gasteiger partial charge in [-0.2, -0.15) is 10.1 Å².